The number of rotatable bonds is 33. The van der Waals surface area contributed by atoms with Gasteiger partial charge in [-0.3, -0.25) is 4.79 Å². The highest BCUT2D eigenvalue weighted by molar-refractivity contribution is 7.00. The van der Waals surface area contributed by atoms with Crippen LogP contribution in [0.25, 0.3) is 0 Å². The second-order valence-corrected chi connectivity index (χ2v) is 29.5. The molecule has 0 aliphatic carbocycles. The van der Waals surface area contributed by atoms with E-state index in [-0.39, 0.29) is 10.1 Å². The third-order valence-corrected chi connectivity index (χ3v) is 23.8. The summed E-state index contributed by atoms with van der Waals surface area (Å²) >= 11 is 0. The first-order valence-electron chi connectivity index (χ1n) is 26.4. The lowest BCUT2D eigenvalue weighted by molar-refractivity contribution is 0.111. The van der Waals surface area contributed by atoms with Crippen LogP contribution in [-0.2, 0) is 8.85 Å². The number of ether oxygens (including phenoxy) is 2. The van der Waals surface area contributed by atoms with Crippen LogP contribution in [0, 0.1) is 0 Å². The van der Waals surface area contributed by atoms with Gasteiger partial charge in [-0.25, -0.2) is 0 Å². The summed E-state index contributed by atoms with van der Waals surface area (Å²) in [4.78, 5) is 11.8. The summed E-state index contributed by atoms with van der Waals surface area (Å²) in [6, 6.07) is 49.4. The number of carbonyl (C=O) groups excluding carboxylic acids is 1. The molecule has 0 aliphatic rings. The average molecular weight is 956 g/mol. The van der Waals surface area contributed by atoms with Gasteiger partial charge in [-0.1, -0.05) is 253 Å². The molecule has 0 heterocycles. The average Bonchev–Trinajstić information content (AvgIpc) is 3.34. The van der Waals surface area contributed by atoms with E-state index >= 15 is 0 Å². The minimum absolute atomic E-state index is 0.0198. The van der Waals surface area contributed by atoms with Crippen LogP contribution >= 0.6 is 0 Å². The highest BCUT2D eigenvalue weighted by Crippen LogP contribution is 2.38. The Hall–Kier alpha value is -4.28. The fourth-order valence-electron chi connectivity index (χ4n) is 10.1. The van der Waals surface area contributed by atoms with Crippen molar-refractivity contribution in [2.45, 2.75) is 167 Å². The molecule has 0 aliphatic heterocycles. The topological polar surface area (TPSA) is 54.0 Å². The molecule has 0 spiro atoms. The fraction of sp³-hybridized carbons (Fsp3) is 0.492. The molecule has 0 N–H and O–H groups in total. The van der Waals surface area contributed by atoms with Gasteiger partial charge in [0, 0.05) is 19.3 Å². The van der Waals surface area contributed by atoms with Gasteiger partial charge in [0.1, 0.15) is 11.5 Å². The summed E-state index contributed by atoms with van der Waals surface area (Å²) in [7, 11) is -4.89. The van der Waals surface area contributed by atoms with E-state index in [1.54, 1.807) is 0 Å². The minimum Gasteiger partial charge on any atom is -0.493 e. The molecule has 0 bridgehead atoms. The van der Waals surface area contributed by atoms with Gasteiger partial charge in [-0.15, -0.1) is 0 Å². The maximum absolute atomic E-state index is 11.8. The quantitative estimate of drug-likeness (QED) is 0.0238. The van der Waals surface area contributed by atoms with Gasteiger partial charge in [0.05, 0.1) is 18.8 Å². The number of aldehydes is 1. The van der Waals surface area contributed by atoms with E-state index in [9.17, 15) is 4.79 Å². The van der Waals surface area contributed by atoms with E-state index in [1.165, 1.54) is 104 Å². The van der Waals surface area contributed by atoms with Crippen LogP contribution in [0.5, 0.6) is 11.5 Å². The Morgan fingerprint density at radius 1 is 0.368 bits per heavy atom. The molecule has 368 valence electrons. The Morgan fingerprint density at radius 2 is 0.662 bits per heavy atom. The van der Waals surface area contributed by atoms with E-state index < -0.39 is 16.6 Å². The van der Waals surface area contributed by atoms with Crippen molar-refractivity contribution in [3.05, 3.63) is 145 Å². The van der Waals surface area contributed by atoms with E-state index in [0.717, 1.165) is 57.4 Å². The molecular formula is C61H86O5Si2. The molecule has 0 radical (unpaired) electrons. The second-order valence-electron chi connectivity index (χ2n) is 20.9. The Balaban J connectivity index is 0.873. The zero-order valence-corrected chi connectivity index (χ0v) is 45.0. The van der Waals surface area contributed by atoms with Crippen LogP contribution in [-0.4, -0.2) is 49.3 Å². The molecule has 5 aromatic rings. The SMILES string of the molecule is CC(C)(C)[Si](OCCCCCCCCCCCOc1ccc(C=O)c(OCCCCCCCCCCCO[Si](c2ccccc2)(c2ccccc2)C(C)(C)C)c1)(c1ccccc1)c1ccccc1. The molecule has 0 aromatic heterocycles. The Bertz CT molecular complexity index is 2020. The molecular weight excluding hydrogens is 869 g/mol. The monoisotopic (exact) mass is 955 g/mol. The van der Waals surface area contributed by atoms with Gasteiger partial charge in [0.2, 0.25) is 0 Å². The molecule has 0 amide bonds. The molecule has 5 aromatic carbocycles. The van der Waals surface area contributed by atoms with Crippen LogP contribution in [0.3, 0.4) is 0 Å². The first-order valence-corrected chi connectivity index (χ1v) is 30.2. The summed E-state index contributed by atoms with van der Waals surface area (Å²) in [5, 5.41) is 5.46. The van der Waals surface area contributed by atoms with Crippen LogP contribution in [0.15, 0.2) is 140 Å². The van der Waals surface area contributed by atoms with Gasteiger partial charge in [0.25, 0.3) is 16.6 Å². The minimum atomic E-state index is -2.45. The maximum Gasteiger partial charge on any atom is 0.261 e. The van der Waals surface area contributed by atoms with Crippen molar-refractivity contribution >= 4 is 43.7 Å². The highest BCUT2D eigenvalue weighted by atomic mass is 28.4. The van der Waals surface area contributed by atoms with E-state index in [0.29, 0.717) is 24.5 Å². The standard InChI is InChI=1S/C61H86O5Si2/c1-60(2,3)67(55-37-25-21-26-38-55,56-39-27-22-28-40-56)65-49-35-19-15-11-7-9-13-17-33-47-63-54-46-45-53(52-62)59(51-54)64-48-34-18-14-10-8-12-16-20-36-50-66-68(61(4,5)6,57-41-29-23-30-42-57)58-43-31-24-32-44-58/h21-32,37-46,51-52H,7-20,33-36,47-50H2,1-6H3. The number of carbonyl (C=O) groups is 1. The number of benzene rings is 5. The molecule has 5 rings (SSSR count). The van der Waals surface area contributed by atoms with Crippen LogP contribution < -0.4 is 30.2 Å². The first-order chi connectivity index (χ1) is 33.0. The van der Waals surface area contributed by atoms with Crippen LogP contribution in [0.4, 0.5) is 0 Å². The Morgan fingerprint density at radius 3 is 0.971 bits per heavy atom. The van der Waals surface area contributed by atoms with Crippen molar-refractivity contribution in [1.29, 1.82) is 0 Å². The van der Waals surface area contributed by atoms with E-state index in [1.807, 2.05) is 18.2 Å². The highest BCUT2D eigenvalue weighted by Gasteiger charge is 2.51. The summed E-state index contributed by atoms with van der Waals surface area (Å²) in [5.74, 6) is 1.41. The van der Waals surface area contributed by atoms with Gasteiger partial charge in [-0.05, 0) is 68.6 Å². The summed E-state index contributed by atoms with van der Waals surface area (Å²) in [5.41, 5.74) is 0.584. The Labute approximate surface area is 415 Å². The van der Waals surface area contributed by atoms with Crippen molar-refractivity contribution in [3.8, 4) is 11.5 Å². The summed E-state index contributed by atoms with van der Waals surface area (Å²) < 4.78 is 26.4. The van der Waals surface area contributed by atoms with Gasteiger partial charge in [0.15, 0.2) is 6.29 Å². The third-order valence-electron chi connectivity index (χ3n) is 13.7. The molecule has 0 saturated carbocycles. The molecule has 5 nitrogen and oxygen atoms in total. The molecule has 0 atom stereocenters. The van der Waals surface area contributed by atoms with E-state index in [4.69, 9.17) is 18.3 Å². The molecule has 0 saturated heterocycles. The van der Waals surface area contributed by atoms with Crippen molar-refractivity contribution in [3.63, 3.8) is 0 Å². The third kappa shape index (κ3) is 16.1. The summed E-state index contributed by atoms with van der Waals surface area (Å²) in [6.07, 6.45) is 22.4. The van der Waals surface area contributed by atoms with Crippen molar-refractivity contribution < 1.29 is 23.1 Å². The van der Waals surface area contributed by atoms with Crippen molar-refractivity contribution in [2.75, 3.05) is 26.4 Å². The normalized spacial score (nSPS) is 12.3. The van der Waals surface area contributed by atoms with Gasteiger partial charge in [-0.2, -0.15) is 0 Å². The number of hydrogen-bond donors (Lipinski definition) is 0. The molecule has 7 heteroatoms. The van der Waals surface area contributed by atoms with Crippen molar-refractivity contribution in [2.24, 2.45) is 0 Å². The Kier molecular flexibility index (Phi) is 23.3. The zero-order valence-electron chi connectivity index (χ0n) is 43.0. The van der Waals surface area contributed by atoms with Gasteiger partial charge >= 0.3 is 0 Å². The lowest BCUT2D eigenvalue weighted by Gasteiger charge is -2.43. The van der Waals surface area contributed by atoms with Crippen LogP contribution in [0.2, 0.25) is 10.1 Å². The lowest BCUT2D eigenvalue weighted by Crippen LogP contribution is -2.66. The fourth-order valence-corrected chi connectivity index (χ4v) is 19.3. The first kappa shape index (κ1) is 54.7. The second kappa shape index (κ2) is 29.0. The smallest absolute Gasteiger partial charge is 0.261 e. The largest absolute Gasteiger partial charge is 0.493 e. The maximum atomic E-state index is 11.8. The number of hydrogen-bond acceptors (Lipinski definition) is 5. The zero-order chi connectivity index (χ0) is 48.4. The molecule has 0 fully saturated rings. The van der Waals surface area contributed by atoms with Crippen molar-refractivity contribution in [1.82, 2.24) is 0 Å². The summed E-state index contributed by atoms with van der Waals surface area (Å²) in [6.45, 7) is 17.0. The van der Waals surface area contributed by atoms with Crippen LogP contribution in [0.1, 0.15) is 167 Å². The predicted molar refractivity (Wildman–Crippen MR) is 293 cm³/mol. The predicted octanol–water partition coefficient (Wildman–Crippen LogP) is 14.4. The van der Waals surface area contributed by atoms with Gasteiger partial charge < -0.3 is 18.3 Å². The molecule has 0 unspecified atom stereocenters. The number of unbranched alkanes of at least 4 members (excludes halogenated alkanes) is 16. The molecule has 68 heavy (non-hydrogen) atoms. The lowest BCUT2D eigenvalue weighted by atomic mass is 10.1. The van der Waals surface area contributed by atoms with E-state index in [2.05, 4.69) is 163 Å².